The number of aryl methyl sites for hydroxylation is 2. The third-order valence-corrected chi connectivity index (χ3v) is 14.9. The van der Waals surface area contributed by atoms with E-state index >= 15 is 0 Å². The fourth-order valence-electron chi connectivity index (χ4n) is 11.3. The molecule has 2 aliphatic rings. The van der Waals surface area contributed by atoms with E-state index in [0.717, 1.165) is 81.6 Å². The largest absolute Gasteiger partial charge is 0.256 e. The lowest BCUT2D eigenvalue weighted by atomic mass is 9.76. The second kappa shape index (κ2) is 18.4. The third-order valence-electron chi connectivity index (χ3n) is 14.9. The summed E-state index contributed by atoms with van der Waals surface area (Å²) < 4.78 is 40.7. The Bertz CT molecular complexity index is 3320. The van der Waals surface area contributed by atoms with Crippen LogP contribution in [0.1, 0.15) is 103 Å². The highest BCUT2D eigenvalue weighted by molar-refractivity contribution is 5.85. The van der Waals surface area contributed by atoms with Gasteiger partial charge in [-0.15, -0.1) is 0 Å². The van der Waals surface area contributed by atoms with E-state index in [0.29, 0.717) is 29.7 Å². The molecule has 3 heteroatoms. The van der Waals surface area contributed by atoms with Crippen LogP contribution in [-0.2, 0) is 41.8 Å². The molecule has 1 fully saturated rings. The zero-order chi connectivity index (χ0) is 50.6. The fourth-order valence-corrected chi connectivity index (χ4v) is 11.3. The maximum Gasteiger partial charge on any atom is 0.0708 e. The van der Waals surface area contributed by atoms with Gasteiger partial charge in [-0.05, 0) is 140 Å². The Morgan fingerprint density at radius 3 is 1.46 bits per heavy atom. The van der Waals surface area contributed by atoms with E-state index in [-0.39, 0.29) is 11.0 Å². The molecule has 3 aromatic heterocycles. The van der Waals surface area contributed by atoms with Gasteiger partial charge in [0.2, 0.25) is 0 Å². The molecular weight excluding hydrogens is 835 g/mol. The third kappa shape index (κ3) is 8.88. The summed E-state index contributed by atoms with van der Waals surface area (Å²) in [4.78, 5) is 14.7. The summed E-state index contributed by atoms with van der Waals surface area (Å²) in [5, 5.41) is 0. The van der Waals surface area contributed by atoms with E-state index in [1.807, 2.05) is 97.3 Å². The Balaban J connectivity index is 1.01. The van der Waals surface area contributed by atoms with Gasteiger partial charge in [-0.3, -0.25) is 15.0 Å². The number of hydrogen-bond acceptors (Lipinski definition) is 3. The van der Waals surface area contributed by atoms with E-state index in [2.05, 4.69) is 125 Å². The van der Waals surface area contributed by atoms with Crippen molar-refractivity contribution in [1.29, 1.82) is 0 Å². The Morgan fingerprint density at radius 1 is 0.420 bits per heavy atom. The van der Waals surface area contributed by atoms with Crippen molar-refractivity contribution in [2.45, 2.75) is 95.2 Å². The zero-order valence-corrected chi connectivity index (χ0v) is 40.1. The molecular formula is C66H61N3. The first-order valence-corrected chi connectivity index (χ1v) is 24.6. The lowest BCUT2D eigenvalue weighted by Gasteiger charge is -2.28. The van der Waals surface area contributed by atoms with Gasteiger partial charge in [0.05, 0.1) is 17.1 Å². The lowest BCUT2D eigenvalue weighted by molar-refractivity contribution is 0.512. The van der Waals surface area contributed by atoms with Crippen LogP contribution in [-0.4, -0.2) is 15.0 Å². The second-order valence-corrected chi connectivity index (χ2v) is 20.6. The van der Waals surface area contributed by atoms with Crippen molar-refractivity contribution in [3.63, 3.8) is 0 Å². The summed E-state index contributed by atoms with van der Waals surface area (Å²) in [5.74, 6) is 0. The van der Waals surface area contributed by atoms with Crippen LogP contribution in [0.2, 0.25) is 0 Å². The molecule has 0 amide bonds. The molecule has 0 radical (unpaired) electrons. The van der Waals surface area contributed by atoms with Gasteiger partial charge < -0.3 is 0 Å². The molecule has 1 spiro atoms. The molecule has 0 unspecified atom stereocenters. The Kier molecular flexibility index (Phi) is 10.6. The highest BCUT2D eigenvalue weighted by Gasteiger charge is 2.45. The molecule has 1 saturated carbocycles. The van der Waals surface area contributed by atoms with Crippen molar-refractivity contribution >= 4 is 0 Å². The van der Waals surface area contributed by atoms with Crippen LogP contribution in [0.15, 0.2) is 201 Å². The molecule has 340 valence electrons. The Morgan fingerprint density at radius 2 is 0.913 bits per heavy atom. The molecule has 3 nitrogen and oxygen atoms in total. The standard InChI is InChI=1S/C66H61N3/c1-64(2,54-29-32-61(68-44-54)49-18-8-5-9-19-49)41-47-36-46(37-48(38-47)42-65(3,4)55-30-33-62(69-45-55)50-20-10-6-11-21-50)26-27-53-43-67-63(51-22-12-7-13-23-51)40-58(53)52-28-31-57-56-24-14-15-25-59(56)66(60(57)39-52)34-16-17-35-66/h5-15,18-25,28-33,36-40,43-45H,16-17,26-27,34-35,41-42H2,1-4H3/i26D2,27D2. The van der Waals surface area contributed by atoms with Gasteiger partial charge in [-0.1, -0.05) is 198 Å². The molecule has 2 aliphatic carbocycles. The minimum absolute atomic E-state index is 0.0939. The van der Waals surface area contributed by atoms with Crippen LogP contribution < -0.4 is 0 Å². The fraction of sp³-hybridized carbons (Fsp3) is 0.227. The van der Waals surface area contributed by atoms with E-state index in [1.165, 1.54) is 22.3 Å². The maximum atomic E-state index is 10.2. The SMILES string of the molecule is [2H]C([2H])(c1cc(CC(C)(C)c2ccc(-c3ccccc3)nc2)cc(CC(C)(C)c2ccc(-c3ccccc3)nc2)c1)C([2H])([2H])c1cnc(-c2ccccc2)cc1-c1ccc2c(c1)C1(CCCC1)c1ccccc1-2. The van der Waals surface area contributed by atoms with Gasteiger partial charge in [0.25, 0.3) is 0 Å². The molecule has 0 bridgehead atoms. The van der Waals surface area contributed by atoms with Gasteiger partial charge in [-0.2, -0.15) is 0 Å². The summed E-state index contributed by atoms with van der Waals surface area (Å²) in [5.41, 5.74) is 15.8. The molecule has 11 rings (SSSR count). The summed E-state index contributed by atoms with van der Waals surface area (Å²) >= 11 is 0. The average molecular weight is 900 g/mol. The topological polar surface area (TPSA) is 38.7 Å². The molecule has 0 saturated heterocycles. The first kappa shape index (κ1) is 39.7. The summed E-state index contributed by atoms with van der Waals surface area (Å²) in [6, 6.07) is 62.2. The van der Waals surface area contributed by atoms with Crippen LogP contribution in [0.3, 0.4) is 0 Å². The Hall–Kier alpha value is -7.23. The summed E-state index contributed by atoms with van der Waals surface area (Å²) in [6.45, 7) is 8.81. The molecule has 6 aromatic carbocycles. The van der Waals surface area contributed by atoms with Crippen molar-refractivity contribution in [3.8, 4) is 56.0 Å². The number of benzene rings is 6. The molecule has 9 aromatic rings. The van der Waals surface area contributed by atoms with Crippen LogP contribution in [0.5, 0.6) is 0 Å². The van der Waals surface area contributed by atoms with Crippen LogP contribution >= 0.6 is 0 Å². The number of nitrogens with zero attached hydrogens (tertiary/aromatic N) is 3. The van der Waals surface area contributed by atoms with Crippen molar-refractivity contribution in [3.05, 3.63) is 245 Å². The predicted octanol–water partition coefficient (Wildman–Crippen LogP) is 16.2. The molecule has 0 atom stereocenters. The second-order valence-electron chi connectivity index (χ2n) is 20.6. The van der Waals surface area contributed by atoms with Gasteiger partial charge in [0.15, 0.2) is 0 Å². The van der Waals surface area contributed by atoms with Crippen molar-refractivity contribution < 1.29 is 5.48 Å². The van der Waals surface area contributed by atoms with Crippen LogP contribution in [0.4, 0.5) is 0 Å². The minimum atomic E-state index is -2.53. The first-order chi connectivity index (χ1) is 35.1. The number of pyridine rings is 3. The predicted molar refractivity (Wildman–Crippen MR) is 286 cm³/mol. The summed E-state index contributed by atoms with van der Waals surface area (Å²) in [6.07, 6.45) is 6.07. The van der Waals surface area contributed by atoms with Gasteiger partial charge in [0.1, 0.15) is 0 Å². The minimum Gasteiger partial charge on any atom is -0.256 e. The van der Waals surface area contributed by atoms with Crippen molar-refractivity contribution in [1.82, 2.24) is 15.0 Å². The van der Waals surface area contributed by atoms with E-state index in [9.17, 15) is 5.48 Å². The molecule has 0 aliphatic heterocycles. The quantitative estimate of drug-likeness (QED) is 0.116. The normalized spacial score (nSPS) is 15.2. The van der Waals surface area contributed by atoms with E-state index in [4.69, 9.17) is 15.0 Å². The smallest absolute Gasteiger partial charge is 0.0708 e. The number of aromatic nitrogens is 3. The molecule has 3 heterocycles. The van der Waals surface area contributed by atoms with Gasteiger partial charge in [-0.25, -0.2) is 0 Å². The highest BCUT2D eigenvalue weighted by Crippen LogP contribution is 2.57. The zero-order valence-electron chi connectivity index (χ0n) is 44.1. The monoisotopic (exact) mass is 900 g/mol. The van der Waals surface area contributed by atoms with Crippen molar-refractivity contribution in [2.24, 2.45) is 0 Å². The number of hydrogen-bond donors (Lipinski definition) is 0. The van der Waals surface area contributed by atoms with E-state index < -0.39 is 23.6 Å². The van der Waals surface area contributed by atoms with E-state index in [1.54, 1.807) is 6.20 Å². The lowest BCUT2D eigenvalue weighted by Crippen LogP contribution is -2.23. The highest BCUT2D eigenvalue weighted by atomic mass is 14.7. The maximum absolute atomic E-state index is 10.2. The number of fused-ring (bicyclic) bond motifs is 5. The van der Waals surface area contributed by atoms with Crippen LogP contribution in [0.25, 0.3) is 56.0 Å². The van der Waals surface area contributed by atoms with Gasteiger partial charge >= 0.3 is 0 Å². The van der Waals surface area contributed by atoms with Gasteiger partial charge in [0, 0.05) is 46.2 Å². The number of rotatable bonds is 13. The summed E-state index contributed by atoms with van der Waals surface area (Å²) in [7, 11) is 0. The Labute approximate surface area is 415 Å². The van der Waals surface area contributed by atoms with Crippen molar-refractivity contribution in [2.75, 3.05) is 0 Å². The average Bonchev–Trinajstić information content (AvgIpc) is 4.02. The first-order valence-electron chi connectivity index (χ1n) is 26.6. The van der Waals surface area contributed by atoms with Crippen LogP contribution in [0, 0.1) is 0 Å². The molecule has 0 N–H and O–H groups in total. The molecule has 69 heavy (non-hydrogen) atoms.